The van der Waals surface area contributed by atoms with E-state index in [0.29, 0.717) is 17.9 Å². The number of para-hydroxylation sites is 3. The molecule has 4 rings (SSSR count). The van der Waals surface area contributed by atoms with Gasteiger partial charge < -0.3 is 14.8 Å². The zero-order valence-corrected chi connectivity index (χ0v) is 17.3. The molecular formula is C26H27NO3. The van der Waals surface area contributed by atoms with E-state index in [1.165, 1.54) is 24.0 Å². The highest BCUT2D eigenvalue weighted by Gasteiger charge is 2.21. The zero-order valence-electron chi connectivity index (χ0n) is 17.3. The van der Waals surface area contributed by atoms with Crippen LogP contribution < -0.4 is 14.8 Å². The van der Waals surface area contributed by atoms with E-state index < -0.39 is 6.10 Å². The molecule has 30 heavy (non-hydrogen) atoms. The van der Waals surface area contributed by atoms with Crippen molar-refractivity contribution >= 4 is 11.6 Å². The fraction of sp³-hybridized carbons (Fsp3) is 0.269. The van der Waals surface area contributed by atoms with E-state index in [1.807, 2.05) is 67.6 Å². The van der Waals surface area contributed by atoms with Gasteiger partial charge in [0.25, 0.3) is 5.91 Å². The molecule has 4 heteroatoms. The Balaban J connectivity index is 1.46. The number of amides is 1. The minimum Gasteiger partial charge on any atom is -0.481 e. The summed E-state index contributed by atoms with van der Waals surface area (Å²) in [5.74, 6) is 1.89. The Morgan fingerprint density at radius 2 is 1.63 bits per heavy atom. The SMILES string of the molecule is CC[C@@H](Oc1ccc2c(c1)CCCC2)C(=O)Nc1ccccc1Oc1ccccc1. The fourth-order valence-corrected chi connectivity index (χ4v) is 3.76. The molecule has 1 N–H and O–H groups in total. The van der Waals surface area contributed by atoms with Crippen LogP contribution in [0.15, 0.2) is 72.8 Å². The Bertz CT molecular complexity index is 1000. The summed E-state index contributed by atoms with van der Waals surface area (Å²) in [6, 6.07) is 23.2. The van der Waals surface area contributed by atoms with Crippen LogP contribution in [-0.2, 0) is 17.6 Å². The van der Waals surface area contributed by atoms with Crippen LogP contribution in [0.4, 0.5) is 5.69 Å². The van der Waals surface area contributed by atoms with E-state index in [4.69, 9.17) is 9.47 Å². The van der Waals surface area contributed by atoms with Gasteiger partial charge in [0, 0.05) is 0 Å². The van der Waals surface area contributed by atoms with E-state index in [0.717, 1.165) is 24.3 Å². The number of fused-ring (bicyclic) bond motifs is 1. The standard InChI is InChI=1S/C26H27NO3/c1-2-24(30-22-17-16-19-10-6-7-11-20(19)18-22)26(28)27-23-14-8-9-15-25(23)29-21-12-4-3-5-13-21/h3-5,8-9,12-18,24H,2,6-7,10-11H2,1H3,(H,27,28)/t24-/m1/s1. The maximum atomic E-state index is 12.9. The van der Waals surface area contributed by atoms with Crippen molar-refractivity contribution in [2.45, 2.75) is 45.1 Å². The number of nitrogens with one attached hydrogen (secondary N) is 1. The summed E-state index contributed by atoms with van der Waals surface area (Å²) >= 11 is 0. The maximum absolute atomic E-state index is 12.9. The molecule has 3 aromatic carbocycles. The van der Waals surface area contributed by atoms with Gasteiger partial charge in [-0.25, -0.2) is 0 Å². The van der Waals surface area contributed by atoms with Crippen molar-refractivity contribution in [1.82, 2.24) is 0 Å². The predicted octanol–water partition coefficient (Wildman–Crippen LogP) is 6.15. The average Bonchev–Trinajstić information content (AvgIpc) is 2.79. The second-order valence-corrected chi connectivity index (χ2v) is 7.55. The molecule has 0 aliphatic heterocycles. The van der Waals surface area contributed by atoms with Crippen LogP contribution in [0.5, 0.6) is 17.2 Å². The molecule has 0 fully saturated rings. The van der Waals surface area contributed by atoms with Crippen molar-refractivity contribution in [3.63, 3.8) is 0 Å². The number of benzene rings is 3. The van der Waals surface area contributed by atoms with Gasteiger partial charge in [-0.15, -0.1) is 0 Å². The van der Waals surface area contributed by atoms with Gasteiger partial charge in [0.15, 0.2) is 11.9 Å². The smallest absolute Gasteiger partial charge is 0.265 e. The van der Waals surface area contributed by atoms with Gasteiger partial charge in [0.05, 0.1) is 5.69 Å². The Morgan fingerprint density at radius 1 is 0.900 bits per heavy atom. The van der Waals surface area contributed by atoms with Crippen LogP contribution in [0.2, 0.25) is 0 Å². The first kappa shape index (κ1) is 20.0. The first-order valence-corrected chi connectivity index (χ1v) is 10.6. The molecule has 4 nitrogen and oxygen atoms in total. The summed E-state index contributed by atoms with van der Waals surface area (Å²) in [6.45, 7) is 1.95. The summed E-state index contributed by atoms with van der Waals surface area (Å²) in [7, 11) is 0. The molecular weight excluding hydrogens is 374 g/mol. The second-order valence-electron chi connectivity index (χ2n) is 7.55. The number of hydrogen-bond donors (Lipinski definition) is 1. The van der Waals surface area contributed by atoms with Gasteiger partial charge in [-0.2, -0.15) is 0 Å². The third kappa shape index (κ3) is 4.82. The molecule has 1 amide bonds. The lowest BCUT2D eigenvalue weighted by Crippen LogP contribution is -2.32. The first-order chi connectivity index (χ1) is 14.7. The topological polar surface area (TPSA) is 47.6 Å². The first-order valence-electron chi connectivity index (χ1n) is 10.6. The van der Waals surface area contributed by atoms with Gasteiger partial charge in [0.1, 0.15) is 11.5 Å². The molecule has 0 aromatic heterocycles. The number of rotatable bonds is 7. The van der Waals surface area contributed by atoms with Gasteiger partial charge in [-0.05, 0) is 79.6 Å². The summed E-state index contributed by atoms with van der Waals surface area (Å²) in [5, 5.41) is 2.98. The van der Waals surface area contributed by atoms with Crippen LogP contribution >= 0.6 is 0 Å². The third-order valence-corrected chi connectivity index (χ3v) is 5.38. The molecule has 0 saturated heterocycles. The number of carbonyl (C=O) groups is 1. The Morgan fingerprint density at radius 3 is 2.43 bits per heavy atom. The van der Waals surface area contributed by atoms with E-state index >= 15 is 0 Å². The summed E-state index contributed by atoms with van der Waals surface area (Å²) < 4.78 is 12.0. The monoisotopic (exact) mass is 401 g/mol. The predicted molar refractivity (Wildman–Crippen MR) is 119 cm³/mol. The van der Waals surface area contributed by atoms with Crippen LogP contribution in [0.3, 0.4) is 0 Å². The van der Waals surface area contributed by atoms with E-state index in [1.54, 1.807) is 0 Å². The Labute approximate surface area is 177 Å². The molecule has 0 unspecified atom stereocenters. The van der Waals surface area contributed by atoms with Crippen molar-refractivity contribution in [3.8, 4) is 17.2 Å². The summed E-state index contributed by atoms with van der Waals surface area (Å²) in [4.78, 5) is 12.9. The number of ether oxygens (including phenoxy) is 2. The van der Waals surface area contributed by atoms with Gasteiger partial charge >= 0.3 is 0 Å². The number of anilines is 1. The summed E-state index contributed by atoms with van der Waals surface area (Å²) in [5.41, 5.74) is 3.37. The fourth-order valence-electron chi connectivity index (χ4n) is 3.76. The van der Waals surface area contributed by atoms with Crippen LogP contribution in [0, 0.1) is 0 Å². The normalized spacial score (nSPS) is 13.8. The lowest BCUT2D eigenvalue weighted by molar-refractivity contribution is -0.122. The highest BCUT2D eigenvalue weighted by Crippen LogP contribution is 2.30. The Hall–Kier alpha value is -3.27. The minimum atomic E-state index is -0.573. The molecule has 0 spiro atoms. The van der Waals surface area contributed by atoms with Crippen LogP contribution in [0.1, 0.15) is 37.3 Å². The molecule has 3 aromatic rings. The number of aryl methyl sites for hydroxylation is 2. The van der Waals surface area contributed by atoms with Gasteiger partial charge in [-0.1, -0.05) is 43.3 Å². The summed E-state index contributed by atoms with van der Waals surface area (Å²) in [6.07, 6.45) is 4.68. The largest absolute Gasteiger partial charge is 0.481 e. The van der Waals surface area contributed by atoms with Gasteiger partial charge in [-0.3, -0.25) is 4.79 Å². The van der Waals surface area contributed by atoms with Gasteiger partial charge in [0.2, 0.25) is 0 Å². The van der Waals surface area contributed by atoms with Crippen molar-refractivity contribution in [1.29, 1.82) is 0 Å². The van der Waals surface area contributed by atoms with Crippen molar-refractivity contribution < 1.29 is 14.3 Å². The lowest BCUT2D eigenvalue weighted by Gasteiger charge is -2.21. The highest BCUT2D eigenvalue weighted by atomic mass is 16.5. The molecule has 1 aliphatic rings. The highest BCUT2D eigenvalue weighted by molar-refractivity contribution is 5.95. The molecule has 0 radical (unpaired) electrons. The zero-order chi connectivity index (χ0) is 20.8. The average molecular weight is 402 g/mol. The van der Waals surface area contributed by atoms with E-state index in [2.05, 4.69) is 17.4 Å². The maximum Gasteiger partial charge on any atom is 0.265 e. The van der Waals surface area contributed by atoms with Crippen LogP contribution in [-0.4, -0.2) is 12.0 Å². The molecule has 1 atom stereocenters. The number of hydrogen-bond acceptors (Lipinski definition) is 3. The van der Waals surface area contributed by atoms with Crippen LogP contribution in [0.25, 0.3) is 0 Å². The molecule has 0 bridgehead atoms. The van der Waals surface area contributed by atoms with Crippen molar-refractivity contribution in [2.24, 2.45) is 0 Å². The molecule has 1 aliphatic carbocycles. The quantitative estimate of drug-likeness (QED) is 0.516. The number of carbonyl (C=O) groups excluding carboxylic acids is 1. The van der Waals surface area contributed by atoms with Crippen molar-refractivity contribution in [3.05, 3.63) is 83.9 Å². The van der Waals surface area contributed by atoms with Crippen molar-refractivity contribution in [2.75, 3.05) is 5.32 Å². The Kier molecular flexibility index (Phi) is 6.33. The molecule has 0 saturated carbocycles. The molecule has 154 valence electrons. The lowest BCUT2D eigenvalue weighted by atomic mass is 9.92. The van der Waals surface area contributed by atoms with E-state index in [-0.39, 0.29) is 5.91 Å². The second kappa shape index (κ2) is 9.49. The minimum absolute atomic E-state index is 0.181. The van der Waals surface area contributed by atoms with E-state index in [9.17, 15) is 4.79 Å². The molecule has 0 heterocycles. The third-order valence-electron chi connectivity index (χ3n) is 5.38.